The van der Waals surface area contributed by atoms with Gasteiger partial charge in [-0.15, -0.1) is 11.6 Å². The van der Waals surface area contributed by atoms with Crippen LogP contribution in [0.5, 0.6) is 0 Å². The van der Waals surface area contributed by atoms with Crippen LogP contribution < -0.4 is 0 Å². The molecule has 0 bridgehead atoms. The van der Waals surface area contributed by atoms with Crippen molar-refractivity contribution in [3.05, 3.63) is 70.8 Å². The molecule has 0 aliphatic heterocycles. The van der Waals surface area contributed by atoms with E-state index in [1.165, 1.54) is 41.5 Å². The minimum absolute atomic E-state index is 0.170. The molecular weight excluding hydrogens is 428 g/mol. The molecule has 3 rings (SSSR count). The van der Waals surface area contributed by atoms with Gasteiger partial charge in [-0.2, -0.15) is 0 Å². The van der Waals surface area contributed by atoms with E-state index in [0.29, 0.717) is 11.8 Å². The maximum absolute atomic E-state index is 7.12. The molecule has 0 spiro atoms. The number of ether oxygens (including phenoxy) is 2. The zero-order chi connectivity index (χ0) is 23.6. The van der Waals surface area contributed by atoms with E-state index in [0.717, 1.165) is 38.9 Å². The Balaban J connectivity index is 1.56. The van der Waals surface area contributed by atoms with Crippen molar-refractivity contribution in [1.82, 2.24) is 0 Å². The van der Waals surface area contributed by atoms with E-state index < -0.39 is 0 Å². The highest BCUT2D eigenvalue weighted by Crippen LogP contribution is 2.41. The summed E-state index contributed by atoms with van der Waals surface area (Å²) in [6.07, 6.45) is 8.46. The lowest BCUT2D eigenvalue weighted by molar-refractivity contribution is 0.0438. The first kappa shape index (κ1) is 26.3. The fourth-order valence-corrected chi connectivity index (χ4v) is 5.84. The zero-order valence-electron chi connectivity index (χ0n) is 21.1. The summed E-state index contributed by atoms with van der Waals surface area (Å²) in [5.41, 5.74) is 5.17. The molecule has 182 valence electrons. The van der Waals surface area contributed by atoms with Crippen molar-refractivity contribution in [2.45, 2.75) is 90.2 Å². The second kappa shape index (κ2) is 13.5. The van der Waals surface area contributed by atoms with Crippen molar-refractivity contribution >= 4 is 11.6 Å². The molecule has 33 heavy (non-hydrogen) atoms. The Morgan fingerprint density at radius 2 is 1.12 bits per heavy atom. The van der Waals surface area contributed by atoms with Crippen LogP contribution in [-0.2, 0) is 9.47 Å². The number of rotatable bonds is 12. The van der Waals surface area contributed by atoms with Gasteiger partial charge in [0.2, 0.25) is 0 Å². The van der Waals surface area contributed by atoms with Gasteiger partial charge in [0.15, 0.2) is 0 Å². The Morgan fingerprint density at radius 3 is 1.48 bits per heavy atom. The molecule has 2 aromatic rings. The van der Waals surface area contributed by atoms with Crippen molar-refractivity contribution in [2.24, 2.45) is 11.8 Å². The van der Waals surface area contributed by atoms with E-state index >= 15 is 0 Å². The fourth-order valence-electron chi connectivity index (χ4n) is 5.34. The lowest BCUT2D eigenvalue weighted by Crippen LogP contribution is -2.30. The number of aryl methyl sites for hydroxylation is 2. The Morgan fingerprint density at radius 1 is 0.727 bits per heavy atom. The molecule has 2 nitrogen and oxygen atoms in total. The maximum atomic E-state index is 7.12. The van der Waals surface area contributed by atoms with Crippen LogP contribution in [0, 0.1) is 25.7 Å². The van der Waals surface area contributed by atoms with Gasteiger partial charge < -0.3 is 9.47 Å². The molecule has 0 aromatic heterocycles. The summed E-state index contributed by atoms with van der Waals surface area (Å²) < 4.78 is 12.2. The number of alkyl halides is 1. The Hall–Kier alpha value is -1.35. The first-order valence-electron chi connectivity index (χ1n) is 13.0. The summed E-state index contributed by atoms with van der Waals surface area (Å²) in [5.74, 6) is 1.15. The molecule has 0 N–H and O–H groups in total. The van der Waals surface area contributed by atoms with E-state index in [9.17, 15) is 0 Å². The van der Waals surface area contributed by atoms with Crippen LogP contribution in [0.15, 0.2) is 48.5 Å². The first-order chi connectivity index (χ1) is 16.0. The normalized spacial score (nSPS) is 22.8. The SMILES string of the molecule is CCOC(CCC1CCCC(CCC(OCC)c2ccc(C)cc2)C1Cl)c1ccc(C)cc1. The van der Waals surface area contributed by atoms with Gasteiger partial charge in [-0.3, -0.25) is 0 Å². The van der Waals surface area contributed by atoms with Crippen LogP contribution in [0.3, 0.4) is 0 Å². The van der Waals surface area contributed by atoms with Crippen LogP contribution >= 0.6 is 11.6 Å². The van der Waals surface area contributed by atoms with Crippen LogP contribution in [-0.4, -0.2) is 18.6 Å². The van der Waals surface area contributed by atoms with Crippen molar-refractivity contribution in [2.75, 3.05) is 13.2 Å². The molecule has 1 saturated carbocycles. The van der Waals surface area contributed by atoms with Crippen LogP contribution in [0.2, 0.25) is 0 Å². The van der Waals surface area contributed by atoms with Crippen molar-refractivity contribution in [3.8, 4) is 0 Å². The van der Waals surface area contributed by atoms with E-state index in [4.69, 9.17) is 21.1 Å². The second-order valence-electron chi connectivity index (χ2n) is 9.76. The van der Waals surface area contributed by atoms with Crippen LogP contribution in [0.1, 0.15) is 93.3 Å². The highest BCUT2D eigenvalue weighted by molar-refractivity contribution is 6.21. The number of halogens is 1. The Bertz CT molecular complexity index is 734. The van der Waals surface area contributed by atoms with E-state index in [1.807, 2.05) is 0 Å². The van der Waals surface area contributed by atoms with Gasteiger partial charge in [0.25, 0.3) is 0 Å². The topological polar surface area (TPSA) is 18.5 Å². The van der Waals surface area contributed by atoms with E-state index in [-0.39, 0.29) is 17.6 Å². The standard InChI is InChI=1S/C30H43ClO2/c1-5-32-28(24-14-10-22(3)11-15-24)20-18-26-8-7-9-27(30(26)31)19-21-29(33-6-2)25-16-12-23(4)13-17-25/h10-17,26-30H,5-9,18-21H2,1-4H3. The zero-order valence-corrected chi connectivity index (χ0v) is 21.8. The lowest BCUT2D eigenvalue weighted by atomic mass is 9.76. The van der Waals surface area contributed by atoms with E-state index in [1.54, 1.807) is 0 Å². The molecule has 1 aliphatic carbocycles. The Labute approximate surface area is 207 Å². The minimum Gasteiger partial charge on any atom is -0.374 e. The summed E-state index contributed by atoms with van der Waals surface area (Å²) in [6.45, 7) is 9.93. The summed E-state index contributed by atoms with van der Waals surface area (Å²) in [6, 6.07) is 17.6. The van der Waals surface area contributed by atoms with Crippen LogP contribution in [0.4, 0.5) is 0 Å². The molecule has 1 fully saturated rings. The molecule has 0 heterocycles. The molecular formula is C30H43ClO2. The molecule has 0 saturated heterocycles. The molecule has 4 unspecified atom stereocenters. The molecule has 1 aliphatic rings. The summed E-state index contributed by atoms with van der Waals surface area (Å²) in [4.78, 5) is 0. The summed E-state index contributed by atoms with van der Waals surface area (Å²) >= 11 is 7.12. The van der Waals surface area contributed by atoms with Gasteiger partial charge in [-0.1, -0.05) is 66.1 Å². The molecule has 0 radical (unpaired) electrons. The quantitative estimate of drug-likeness (QED) is 0.288. The molecule has 2 aromatic carbocycles. The average molecular weight is 471 g/mol. The van der Waals surface area contributed by atoms with Gasteiger partial charge >= 0.3 is 0 Å². The maximum Gasteiger partial charge on any atom is 0.0824 e. The molecule has 4 atom stereocenters. The third-order valence-corrected chi connectivity index (χ3v) is 8.00. The van der Waals surface area contributed by atoms with E-state index in [2.05, 4.69) is 76.2 Å². The van der Waals surface area contributed by atoms with Gasteiger partial charge in [0.05, 0.1) is 12.2 Å². The second-order valence-corrected chi connectivity index (χ2v) is 10.3. The number of hydrogen-bond donors (Lipinski definition) is 0. The molecule has 3 heteroatoms. The molecule has 0 amide bonds. The number of hydrogen-bond acceptors (Lipinski definition) is 2. The third-order valence-electron chi connectivity index (χ3n) is 7.28. The predicted molar refractivity (Wildman–Crippen MR) is 140 cm³/mol. The van der Waals surface area contributed by atoms with Gasteiger partial charge in [-0.25, -0.2) is 0 Å². The highest BCUT2D eigenvalue weighted by Gasteiger charge is 2.32. The summed E-state index contributed by atoms with van der Waals surface area (Å²) in [5, 5.41) is 0.249. The van der Waals surface area contributed by atoms with Gasteiger partial charge in [0.1, 0.15) is 0 Å². The van der Waals surface area contributed by atoms with Crippen molar-refractivity contribution in [1.29, 1.82) is 0 Å². The first-order valence-corrected chi connectivity index (χ1v) is 13.5. The highest BCUT2D eigenvalue weighted by atomic mass is 35.5. The smallest absolute Gasteiger partial charge is 0.0824 e. The summed E-state index contributed by atoms with van der Waals surface area (Å²) in [7, 11) is 0. The minimum atomic E-state index is 0.170. The van der Waals surface area contributed by atoms with Crippen molar-refractivity contribution < 1.29 is 9.47 Å². The third kappa shape index (κ3) is 7.84. The van der Waals surface area contributed by atoms with Crippen molar-refractivity contribution in [3.63, 3.8) is 0 Å². The Kier molecular flexibility index (Phi) is 10.8. The van der Waals surface area contributed by atoms with Gasteiger partial charge in [-0.05, 0) is 89.2 Å². The van der Waals surface area contributed by atoms with Gasteiger partial charge in [0, 0.05) is 18.6 Å². The number of benzene rings is 2. The lowest BCUT2D eigenvalue weighted by Gasteiger charge is -2.36. The fraction of sp³-hybridized carbons (Fsp3) is 0.600. The largest absolute Gasteiger partial charge is 0.374 e. The average Bonchev–Trinajstić information content (AvgIpc) is 2.82. The monoisotopic (exact) mass is 470 g/mol. The van der Waals surface area contributed by atoms with Crippen LogP contribution in [0.25, 0.3) is 0 Å². The predicted octanol–water partition coefficient (Wildman–Crippen LogP) is 8.74.